The molecule has 6 heteroatoms. The van der Waals surface area contributed by atoms with Crippen molar-refractivity contribution >= 4 is 11.6 Å². The molecular weight excluding hydrogens is 380 g/mol. The zero-order chi connectivity index (χ0) is 21.5. The monoisotopic (exact) mass is 406 g/mol. The quantitative estimate of drug-likeness (QED) is 0.532. The number of hydrogen-bond donors (Lipinski definition) is 1. The third kappa shape index (κ3) is 5.15. The van der Waals surface area contributed by atoms with Crippen molar-refractivity contribution in [1.82, 2.24) is 4.98 Å². The van der Waals surface area contributed by atoms with E-state index in [0.29, 0.717) is 40.8 Å². The van der Waals surface area contributed by atoms with Crippen molar-refractivity contribution in [3.63, 3.8) is 0 Å². The molecule has 30 heavy (non-hydrogen) atoms. The number of aromatic nitrogens is 1. The highest BCUT2D eigenvalue weighted by Gasteiger charge is 2.14. The van der Waals surface area contributed by atoms with Crippen LogP contribution >= 0.6 is 0 Å². The Morgan fingerprint density at radius 2 is 1.83 bits per heavy atom. The van der Waals surface area contributed by atoms with E-state index in [2.05, 4.69) is 10.3 Å². The summed E-state index contributed by atoms with van der Waals surface area (Å²) in [6.45, 7) is 6.19. The van der Waals surface area contributed by atoms with Gasteiger partial charge in [-0.15, -0.1) is 0 Å². The maximum absolute atomic E-state index is 12.8. The maximum atomic E-state index is 12.8. The van der Waals surface area contributed by atoms with Crippen LogP contribution in [0.1, 0.15) is 41.7 Å². The minimum atomic E-state index is -0.233. The Balaban J connectivity index is 1.75. The van der Waals surface area contributed by atoms with Crippen LogP contribution < -0.4 is 14.8 Å². The molecule has 3 aromatic rings. The second kappa shape index (κ2) is 9.89. The zero-order valence-electron chi connectivity index (χ0n) is 17.6. The van der Waals surface area contributed by atoms with Crippen molar-refractivity contribution in [2.75, 3.05) is 19.0 Å². The van der Waals surface area contributed by atoms with E-state index in [1.807, 2.05) is 63.2 Å². The number of rotatable bonds is 8. The molecule has 0 bridgehead atoms. The van der Waals surface area contributed by atoms with Crippen LogP contribution in [0.25, 0.3) is 0 Å². The van der Waals surface area contributed by atoms with Crippen molar-refractivity contribution in [2.45, 2.75) is 26.9 Å². The number of ether oxygens (including phenoxy) is 3. The van der Waals surface area contributed by atoms with Crippen molar-refractivity contribution in [1.29, 1.82) is 0 Å². The Kier molecular flexibility index (Phi) is 7.03. The molecule has 156 valence electrons. The second-order valence-corrected chi connectivity index (χ2v) is 6.71. The highest BCUT2D eigenvalue weighted by molar-refractivity contribution is 6.05. The smallest absolute Gasteiger partial charge is 0.257 e. The lowest BCUT2D eigenvalue weighted by Crippen LogP contribution is -2.15. The van der Waals surface area contributed by atoms with Gasteiger partial charge in [-0.1, -0.05) is 18.2 Å². The van der Waals surface area contributed by atoms with Gasteiger partial charge in [0.05, 0.1) is 29.7 Å². The summed E-state index contributed by atoms with van der Waals surface area (Å²) in [6, 6.07) is 18.3. The lowest BCUT2D eigenvalue weighted by molar-refractivity contribution is 0.102. The van der Waals surface area contributed by atoms with Crippen LogP contribution in [-0.4, -0.2) is 24.6 Å². The van der Waals surface area contributed by atoms with Crippen molar-refractivity contribution < 1.29 is 19.0 Å². The lowest BCUT2D eigenvalue weighted by atomic mass is 10.1. The number of hydrogen-bond acceptors (Lipinski definition) is 5. The van der Waals surface area contributed by atoms with E-state index in [1.165, 1.54) is 0 Å². The lowest BCUT2D eigenvalue weighted by Gasteiger charge is -2.13. The van der Waals surface area contributed by atoms with E-state index < -0.39 is 0 Å². The van der Waals surface area contributed by atoms with Crippen LogP contribution in [0.3, 0.4) is 0 Å². The number of nitrogens with zero attached hydrogens (tertiary/aromatic N) is 1. The Morgan fingerprint density at radius 3 is 2.53 bits per heavy atom. The summed E-state index contributed by atoms with van der Waals surface area (Å²) >= 11 is 0. The Labute approximate surface area is 176 Å². The summed E-state index contributed by atoms with van der Waals surface area (Å²) in [5.41, 5.74) is 2.57. The molecule has 1 N–H and O–H groups in total. The minimum Gasteiger partial charge on any atom is -0.490 e. The summed E-state index contributed by atoms with van der Waals surface area (Å²) in [5.74, 6) is 1.65. The fourth-order valence-electron chi connectivity index (χ4n) is 2.94. The molecular formula is C24H26N2O4. The van der Waals surface area contributed by atoms with Crippen LogP contribution in [0.4, 0.5) is 5.69 Å². The van der Waals surface area contributed by atoms with Gasteiger partial charge in [0.1, 0.15) is 5.75 Å². The maximum Gasteiger partial charge on any atom is 0.257 e. The van der Waals surface area contributed by atoms with E-state index in [-0.39, 0.29) is 12.0 Å². The van der Waals surface area contributed by atoms with Crippen LogP contribution in [0.15, 0.2) is 60.7 Å². The van der Waals surface area contributed by atoms with Crippen LogP contribution in [-0.2, 0) is 4.74 Å². The number of pyridine rings is 1. The van der Waals surface area contributed by atoms with E-state index >= 15 is 0 Å². The predicted molar refractivity (Wildman–Crippen MR) is 116 cm³/mol. The summed E-state index contributed by atoms with van der Waals surface area (Å²) < 4.78 is 16.9. The van der Waals surface area contributed by atoms with E-state index in [1.54, 1.807) is 25.3 Å². The third-order valence-electron chi connectivity index (χ3n) is 4.59. The third-order valence-corrected chi connectivity index (χ3v) is 4.59. The number of benzene rings is 2. The molecule has 2 aromatic carbocycles. The number of carbonyl (C=O) groups is 1. The number of amides is 1. The largest absolute Gasteiger partial charge is 0.490 e. The predicted octanol–water partition coefficient (Wildman–Crippen LogP) is 5.54. The van der Waals surface area contributed by atoms with Crippen molar-refractivity contribution in [2.24, 2.45) is 0 Å². The average molecular weight is 406 g/mol. The first-order chi connectivity index (χ1) is 14.5. The van der Waals surface area contributed by atoms with Crippen molar-refractivity contribution in [3.05, 3.63) is 77.6 Å². The van der Waals surface area contributed by atoms with Crippen LogP contribution in [0.2, 0.25) is 0 Å². The Hall–Kier alpha value is -3.38. The summed E-state index contributed by atoms with van der Waals surface area (Å²) in [5, 5.41) is 2.91. The molecule has 1 aromatic heterocycles. The van der Waals surface area contributed by atoms with Gasteiger partial charge in [0.25, 0.3) is 5.91 Å². The van der Waals surface area contributed by atoms with Gasteiger partial charge in [-0.3, -0.25) is 9.78 Å². The number of methoxy groups -OCH3 is 1. The number of para-hydroxylation sites is 2. The van der Waals surface area contributed by atoms with E-state index in [4.69, 9.17) is 14.2 Å². The molecule has 0 aliphatic carbocycles. The van der Waals surface area contributed by atoms with E-state index in [9.17, 15) is 4.79 Å². The Bertz CT molecular complexity index is 1020. The first-order valence-corrected chi connectivity index (χ1v) is 9.83. The van der Waals surface area contributed by atoms with Gasteiger partial charge in [-0.25, -0.2) is 0 Å². The zero-order valence-corrected chi connectivity index (χ0v) is 17.6. The van der Waals surface area contributed by atoms with E-state index in [0.717, 1.165) is 5.69 Å². The Morgan fingerprint density at radius 1 is 1.07 bits per heavy atom. The number of anilines is 1. The molecule has 0 saturated carbocycles. The van der Waals surface area contributed by atoms with Gasteiger partial charge < -0.3 is 19.5 Å². The van der Waals surface area contributed by atoms with Gasteiger partial charge in [0.2, 0.25) is 0 Å². The minimum absolute atomic E-state index is 0.130. The number of aryl methyl sites for hydroxylation is 1. The molecule has 3 rings (SSSR count). The molecule has 0 saturated heterocycles. The molecule has 0 aliphatic rings. The van der Waals surface area contributed by atoms with Gasteiger partial charge in [-0.05, 0) is 57.2 Å². The number of carbonyl (C=O) groups excluding carboxylic acids is 1. The second-order valence-electron chi connectivity index (χ2n) is 6.71. The standard InChI is InChI=1S/C24H26N2O4/c1-5-29-22-11-6-7-12-23(22)30-19-10-8-9-18(15-19)26-24(27)20-13-14-21(17(3)28-4)25-16(20)2/h6-15,17H,5H2,1-4H3,(H,26,27). The summed E-state index contributed by atoms with van der Waals surface area (Å²) in [4.78, 5) is 17.2. The first-order valence-electron chi connectivity index (χ1n) is 9.83. The fraction of sp³-hybridized carbons (Fsp3) is 0.250. The molecule has 1 amide bonds. The fourth-order valence-corrected chi connectivity index (χ4v) is 2.94. The number of nitrogens with one attached hydrogen (secondary N) is 1. The average Bonchev–Trinajstić information content (AvgIpc) is 2.75. The van der Waals surface area contributed by atoms with Gasteiger partial charge in [0.15, 0.2) is 11.5 Å². The SMILES string of the molecule is CCOc1ccccc1Oc1cccc(NC(=O)c2ccc(C(C)OC)nc2C)c1. The molecule has 0 aliphatic heterocycles. The molecule has 0 spiro atoms. The molecule has 0 fully saturated rings. The highest BCUT2D eigenvalue weighted by atomic mass is 16.5. The van der Waals surface area contributed by atoms with Gasteiger partial charge >= 0.3 is 0 Å². The summed E-state index contributed by atoms with van der Waals surface area (Å²) in [7, 11) is 1.63. The summed E-state index contributed by atoms with van der Waals surface area (Å²) in [6.07, 6.45) is -0.130. The highest BCUT2D eigenvalue weighted by Crippen LogP contribution is 2.32. The van der Waals surface area contributed by atoms with Gasteiger partial charge in [0, 0.05) is 18.9 Å². The molecule has 1 heterocycles. The first kappa shape index (κ1) is 21.3. The topological polar surface area (TPSA) is 69.7 Å². The molecule has 1 unspecified atom stereocenters. The molecule has 6 nitrogen and oxygen atoms in total. The molecule has 1 atom stereocenters. The van der Waals surface area contributed by atoms with Crippen LogP contribution in [0.5, 0.6) is 17.2 Å². The normalized spacial score (nSPS) is 11.6. The van der Waals surface area contributed by atoms with Crippen molar-refractivity contribution in [3.8, 4) is 17.2 Å². The van der Waals surface area contributed by atoms with Gasteiger partial charge in [-0.2, -0.15) is 0 Å². The molecule has 0 radical (unpaired) electrons. The van der Waals surface area contributed by atoms with Crippen LogP contribution in [0, 0.1) is 6.92 Å².